The van der Waals surface area contributed by atoms with Crippen LogP contribution >= 0.6 is 23.2 Å². The molecule has 0 aliphatic rings. The van der Waals surface area contributed by atoms with Gasteiger partial charge in [0.25, 0.3) is 0 Å². The third-order valence-corrected chi connectivity index (χ3v) is 2.86. The Morgan fingerprint density at radius 1 is 1.26 bits per heavy atom. The highest BCUT2D eigenvalue weighted by Crippen LogP contribution is 2.24. The fraction of sp³-hybridized carbons (Fsp3) is 0.250. The first-order valence-corrected chi connectivity index (χ1v) is 6.41. The zero-order valence-electron chi connectivity index (χ0n) is 10.4. The maximum absolute atomic E-state index is 11.5. The number of rotatable bonds is 3. The zero-order valence-corrected chi connectivity index (χ0v) is 11.9. The smallest absolute Gasteiger partial charge is 0.240 e. The van der Waals surface area contributed by atoms with E-state index >= 15 is 0 Å². The molecule has 2 N–H and O–H groups in total. The Labute approximate surface area is 120 Å². The molecule has 0 aliphatic heterocycles. The average molecular weight is 299 g/mol. The fourth-order valence-electron chi connectivity index (χ4n) is 1.43. The van der Waals surface area contributed by atoms with Gasteiger partial charge in [-0.05, 0) is 29.8 Å². The molecule has 7 heteroatoms. The Balaban J connectivity index is 2.34. The Hall–Kier alpha value is -1.59. The number of fused-ring (bicyclic) bond motifs is 1. The maximum Gasteiger partial charge on any atom is 0.240 e. The fourth-order valence-corrected chi connectivity index (χ4v) is 1.78. The van der Waals surface area contributed by atoms with E-state index in [1.165, 1.54) is 0 Å². The van der Waals surface area contributed by atoms with Gasteiger partial charge in [-0.2, -0.15) is 4.98 Å². The highest BCUT2D eigenvalue weighted by atomic mass is 35.5. The average Bonchev–Trinajstić information content (AvgIpc) is 2.34. The van der Waals surface area contributed by atoms with Crippen LogP contribution in [0.25, 0.3) is 10.9 Å². The van der Waals surface area contributed by atoms with E-state index in [1.807, 2.05) is 0 Å². The van der Waals surface area contributed by atoms with Crippen molar-refractivity contribution < 1.29 is 4.79 Å². The summed E-state index contributed by atoms with van der Waals surface area (Å²) in [4.78, 5) is 19.6. The Kier molecular flexibility index (Phi) is 4.07. The monoisotopic (exact) mass is 298 g/mol. The van der Waals surface area contributed by atoms with Gasteiger partial charge in [0.1, 0.15) is 0 Å². The number of carbonyl (C=O) groups is 1. The molecular weight excluding hydrogens is 287 g/mol. The van der Waals surface area contributed by atoms with E-state index < -0.39 is 0 Å². The van der Waals surface area contributed by atoms with Crippen LogP contribution in [0.4, 0.5) is 5.82 Å². The molecule has 0 spiro atoms. The quantitative estimate of drug-likeness (QED) is 0.675. The van der Waals surface area contributed by atoms with Crippen molar-refractivity contribution in [2.75, 3.05) is 5.43 Å². The molecule has 100 valence electrons. The number of amides is 1. The molecule has 1 heterocycles. The number of nitrogens with zero attached hydrogens (tertiary/aromatic N) is 2. The highest BCUT2D eigenvalue weighted by Gasteiger charge is 2.10. The molecule has 0 bridgehead atoms. The third-order valence-electron chi connectivity index (χ3n) is 2.46. The molecule has 0 radical (unpaired) electrons. The van der Waals surface area contributed by atoms with Gasteiger partial charge in [0.2, 0.25) is 11.2 Å². The highest BCUT2D eigenvalue weighted by molar-refractivity contribution is 6.31. The lowest BCUT2D eigenvalue weighted by Crippen LogP contribution is -2.33. The predicted molar refractivity (Wildman–Crippen MR) is 76.2 cm³/mol. The molecule has 0 saturated heterocycles. The van der Waals surface area contributed by atoms with Gasteiger partial charge in [-0.1, -0.05) is 25.4 Å². The number of aromatic nitrogens is 2. The molecule has 2 aromatic rings. The van der Waals surface area contributed by atoms with Crippen LogP contribution in [0.15, 0.2) is 18.2 Å². The molecule has 1 aromatic carbocycles. The van der Waals surface area contributed by atoms with Gasteiger partial charge < -0.3 is 0 Å². The number of nitrogens with one attached hydrogen (secondary N) is 2. The molecule has 0 saturated carbocycles. The molecule has 0 aliphatic carbocycles. The Morgan fingerprint density at radius 2 is 2.00 bits per heavy atom. The third kappa shape index (κ3) is 3.24. The van der Waals surface area contributed by atoms with Crippen molar-refractivity contribution in [3.8, 4) is 0 Å². The van der Waals surface area contributed by atoms with E-state index in [0.29, 0.717) is 16.4 Å². The number of anilines is 1. The van der Waals surface area contributed by atoms with Crippen molar-refractivity contribution in [1.82, 2.24) is 15.4 Å². The van der Waals surface area contributed by atoms with Crippen LogP contribution in [0.1, 0.15) is 13.8 Å². The summed E-state index contributed by atoms with van der Waals surface area (Å²) < 4.78 is 0. The number of hydrogen-bond acceptors (Lipinski definition) is 4. The van der Waals surface area contributed by atoms with Crippen molar-refractivity contribution >= 4 is 45.8 Å². The second-order valence-corrected chi connectivity index (χ2v) is 5.05. The summed E-state index contributed by atoms with van der Waals surface area (Å²) in [5, 5.41) is 1.35. The molecular formula is C12H12Cl2N4O. The van der Waals surface area contributed by atoms with Crippen LogP contribution in [0.3, 0.4) is 0 Å². The first-order chi connectivity index (χ1) is 8.97. The van der Waals surface area contributed by atoms with Gasteiger partial charge in [-0.3, -0.25) is 15.6 Å². The largest absolute Gasteiger partial charge is 0.281 e. The van der Waals surface area contributed by atoms with E-state index in [-0.39, 0.29) is 17.1 Å². The summed E-state index contributed by atoms with van der Waals surface area (Å²) in [5.74, 6) is 0.156. The second-order valence-electron chi connectivity index (χ2n) is 4.27. The van der Waals surface area contributed by atoms with Crippen LogP contribution in [-0.2, 0) is 4.79 Å². The van der Waals surface area contributed by atoms with Crippen LogP contribution in [0.5, 0.6) is 0 Å². The van der Waals surface area contributed by atoms with Crippen molar-refractivity contribution in [2.24, 2.45) is 5.92 Å². The number of carbonyl (C=O) groups excluding carboxylic acids is 1. The van der Waals surface area contributed by atoms with Crippen LogP contribution in [0.2, 0.25) is 10.3 Å². The standard InChI is InChI=1S/C12H12Cl2N4O/c1-6(2)11(19)18-17-10-8-4-3-7(13)5-9(8)15-12(14)16-10/h3-6H,1-2H3,(H,18,19)(H,15,16,17). The Bertz CT molecular complexity index is 625. The summed E-state index contributed by atoms with van der Waals surface area (Å²) in [6.07, 6.45) is 0. The van der Waals surface area contributed by atoms with Crippen LogP contribution in [-0.4, -0.2) is 15.9 Å². The van der Waals surface area contributed by atoms with Crippen molar-refractivity contribution in [1.29, 1.82) is 0 Å². The topological polar surface area (TPSA) is 66.9 Å². The first kappa shape index (κ1) is 13.8. The minimum atomic E-state index is -0.142. The van der Waals surface area contributed by atoms with Gasteiger partial charge in [-0.25, -0.2) is 4.98 Å². The summed E-state index contributed by atoms with van der Waals surface area (Å²) in [7, 11) is 0. The van der Waals surface area contributed by atoms with Crippen molar-refractivity contribution in [3.05, 3.63) is 28.5 Å². The van der Waals surface area contributed by atoms with Crippen LogP contribution in [0, 0.1) is 5.92 Å². The first-order valence-electron chi connectivity index (χ1n) is 5.66. The van der Waals surface area contributed by atoms with Gasteiger partial charge in [0, 0.05) is 16.3 Å². The minimum Gasteiger partial charge on any atom is -0.281 e. The van der Waals surface area contributed by atoms with E-state index in [4.69, 9.17) is 23.2 Å². The predicted octanol–water partition coefficient (Wildman–Crippen LogP) is 3.04. The molecule has 0 unspecified atom stereocenters. The number of halogens is 2. The molecule has 1 aromatic heterocycles. The number of hydrazine groups is 1. The van der Waals surface area contributed by atoms with Gasteiger partial charge >= 0.3 is 0 Å². The molecule has 1 amide bonds. The van der Waals surface area contributed by atoms with E-state index in [2.05, 4.69) is 20.8 Å². The van der Waals surface area contributed by atoms with Gasteiger partial charge in [0.15, 0.2) is 5.82 Å². The molecule has 0 fully saturated rings. The molecule has 5 nitrogen and oxygen atoms in total. The Morgan fingerprint density at radius 3 is 2.68 bits per heavy atom. The normalized spacial score (nSPS) is 10.8. The van der Waals surface area contributed by atoms with Crippen molar-refractivity contribution in [3.63, 3.8) is 0 Å². The summed E-state index contributed by atoms with van der Waals surface area (Å²) in [6, 6.07) is 5.16. The second kappa shape index (κ2) is 5.59. The lowest BCUT2D eigenvalue weighted by atomic mass is 10.2. The summed E-state index contributed by atoms with van der Waals surface area (Å²) in [5.41, 5.74) is 5.92. The van der Waals surface area contributed by atoms with Gasteiger partial charge in [0.05, 0.1) is 5.52 Å². The van der Waals surface area contributed by atoms with Crippen molar-refractivity contribution in [2.45, 2.75) is 13.8 Å². The SMILES string of the molecule is CC(C)C(=O)NNc1nc(Cl)nc2cc(Cl)ccc12. The molecule has 19 heavy (non-hydrogen) atoms. The number of hydrogen-bond donors (Lipinski definition) is 2. The summed E-state index contributed by atoms with van der Waals surface area (Å²) in [6.45, 7) is 3.59. The number of benzene rings is 1. The van der Waals surface area contributed by atoms with Crippen LogP contribution < -0.4 is 10.9 Å². The maximum atomic E-state index is 11.5. The van der Waals surface area contributed by atoms with E-state index in [0.717, 1.165) is 5.39 Å². The van der Waals surface area contributed by atoms with Gasteiger partial charge in [-0.15, -0.1) is 0 Å². The molecule has 2 rings (SSSR count). The lowest BCUT2D eigenvalue weighted by Gasteiger charge is -2.11. The lowest BCUT2D eigenvalue weighted by molar-refractivity contribution is -0.123. The summed E-state index contributed by atoms with van der Waals surface area (Å²) >= 11 is 11.7. The van der Waals surface area contributed by atoms with E-state index in [9.17, 15) is 4.79 Å². The zero-order chi connectivity index (χ0) is 14.0. The van der Waals surface area contributed by atoms with E-state index in [1.54, 1.807) is 32.0 Å². The minimum absolute atomic E-state index is 0.0797. The molecule has 0 atom stereocenters.